The number of halogens is 1. The average Bonchev–Trinajstić information content (AvgIpc) is 3.70. The number of nitrogens with zero attached hydrogens (tertiary/aromatic N) is 5. The third kappa shape index (κ3) is 6.60. The Morgan fingerprint density at radius 1 is 1.11 bits per heavy atom. The fourth-order valence-corrected chi connectivity index (χ4v) is 12.0. The van der Waals surface area contributed by atoms with Gasteiger partial charge in [-0.25, -0.2) is 9.37 Å². The SMILES string of the molecule is COC1C2CC(C)(CN3CCN(C4CC5(C4)CN(c4ccc(C(=O)NSc6ccc(N)c([N+](=O)[O-])c6)c(Oc6cnc7[nH]cc(F)c7c6)c4)C5)CC3)CCC3C2C31. The molecule has 6 aliphatic rings. The van der Waals surface area contributed by atoms with Crippen LogP contribution in [0, 0.1) is 50.4 Å². The molecule has 2 aromatic carbocycles. The summed E-state index contributed by atoms with van der Waals surface area (Å²) in [5, 5.41) is 11.7. The molecule has 0 bridgehead atoms. The Bertz CT molecular complexity index is 2230. The minimum Gasteiger partial charge on any atom is -0.455 e. The van der Waals surface area contributed by atoms with Crippen LogP contribution in [-0.2, 0) is 4.74 Å². The maximum absolute atomic E-state index is 14.4. The van der Waals surface area contributed by atoms with Gasteiger partial charge in [0.05, 0.1) is 28.2 Å². The number of fused-ring (bicyclic) bond motifs is 2. The molecule has 2 saturated heterocycles. The number of aromatic amines is 1. The van der Waals surface area contributed by atoms with Gasteiger partial charge < -0.3 is 30.0 Å². The lowest BCUT2D eigenvalue weighted by atomic mass is 9.60. The molecular formula is C42H49FN8O5S. The second-order valence-corrected chi connectivity index (χ2v) is 18.8. The van der Waals surface area contributed by atoms with E-state index >= 15 is 0 Å². The zero-order chi connectivity index (χ0) is 39.2. The number of rotatable bonds is 11. The molecule has 6 unspecified atom stereocenters. The molecule has 15 heteroatoms. The van der Waals surface area contributed by atoms with Crippen LogP contribution < -0.4 is 20.1 Å². The lowest BCUT2D eigenvalue weighted by Crippen LogP contribution is -2.68. The van der Waals surface area contributed by atoms with Gasteiger partial charge in [0.25, 0.3) is 11.6 Å². The van der Waals surface area contributed by atoms with Crippen molar-refractivity contribution in [1.29, 1.82) is 0 Å². The Labute approximate surface area is 335 Å². The standard InChI is InChI=1S/C42H49FN8O5S/c1-41(8-7-29-36-31(18-41)38(55-2)37(29)36)21-48-9-11-49(12-10-48)25-16-42(17-25)22-50(23-42)24-3-5-28(40(52)47-57-27-4-6-33(44)34(15-27)51(53)54)35(13-24)56-26-14-30-32(43)20-46-39(30)45-19-26/h3-6,13-15,19-20,25,29,31,36-38H,7-12,16-18,21-23,44H2,1-2H3,(H,45,46)(H,47,52). The van der Waals surface area contributed by atoms with Crippen molar-refractivity contribution in [2.75, 3.05) is 63.6 Å². The third-order valence-electron chi connectivity index (χ3n) is 14.3. The first-order valence-electron chi connectivity index (χ1n) is 20.2. The molecule has 300 valence electrons. The number of amides is 1. The number of H-pyrrole nitrogens is 1. The van der Waals surface area contributed by atoms with E-state index < -0.39 is 16.6 Å². The molecule has 6 atom stereocenters. The Morgan fingerprint density at radius 3 is 2.68 bits per heavy atom. The average molecular weight is 797 g/mol. The summed E-state index contributed by atoms with van der Waals surface area (Å²) in [5.41, 5.74) is 7.83. The molecule has 0 radical (unpaired) electrons. The van der Waals surface area contributed by atoms with E-state index in [2.05, 4.69) is 36.3 Å². The normalized spacial score (nSPS) is 29.2. The molecule has 13 nitrogen and oxygen atoms in total. The number of aromatic nitrogens is 2. The lowest BCUT2D eigenvalue weighted by molar-refractivity contribution is -0.384. The smallest absolute Gasteiger partial charge is 0.293 e. The van der Waals surface area contributed by atoms with Gasteiger partial charge in [-0.1, -0.05) is 6.92 Å². The van der Waals surface area contributed by atoms with E-state index in [0.717, 1.165) is 80.6 Å². The van der Waals surface area contributed by atoms with E-state index in [4.69, 9.17) is 15.2 Å². The van der Waals surface area contributed by atoms with Gasteiger partial charge in [-0.15, -0.1) is 0 Å². The molecule has 4 heterocycles. The van der Waals surface area contributed by atoms with E-state index in [-0.39, 0.29) is 28.1 Å². The van der Waals surface area contributed by atoms with E-state index in [1.807, 2.05) is 19.2 Å². The molecule has 2 aromatic heterocycles. The van der Waals surface area contributed by atoms with E-state index in [1.165, 1.54) is 63.2 Å². The van der Waals surface area contributed by atoms with Crippen molar-refractivity contribution in [3.05, 3.63) is 76.4 Å². The molecule has 6 fully saturated rings. The van der Waals surface area contributed by atoms with Crippen LogP contribution in [0.3, 0.4) is 0 Å². The maximum atomic E-state index is 14.4. The monoisotopic (exact) mass is 796 g/mol. The number of nitrogens with one attached hydrogen (secondary N) is 2. The van der Waals surface area contributed by atoms with Crippen LogP contribution in [0.4, 0.5) is 21.5 Å². The number of methoxy groups -OCH3 is 1. The van der Waals surface area contributed by atoms with Crippen LogP contribution in [0.15, 0.2) is 59.8 Å². The first-order chi connectivity index (χ1) is 27.5. The second kappa shape index (κ2) is 13.8. The molecular weight excluding hydrogens is 748 g/mol. The number of hydrogen-bond acceptors (Lipinski definition) is 11. The van der Waals surface area contributed by atoms with Crippen molar-refractivity contribution in [2.24, 2.45) is 34.5 Å². The fourth-order valence-electron chi connectivity index (χ4n) is 11.4. The lowest BCUT2D eigenvalue weighted by Gasteiger charge is -2.62. The van der Waals surface area contributed by atoms with Gasteiger partial charge >= 0.3 is 0 Å². The summed E-state index contributed by atoms with van der Waals surface area (Å²) in [4.78, 5) is 39.7. The number of anilines is 2. The molecule has 1 spiro atoms. The van der Waals surface area contributed by atoms with E-state index in [0.29, 0.717) is 39.3 Å². The molecule has 10 rings (SSSR count). The molecule has 2 aliphatic heterocycles. The van der Waals surface area contributed by atoms with Gasteiger partial charge in [0, 0.05) is 93.3 Å². The van der Waals surface area contributed by atoms with Crippen LogP contribution in [-0.4, -0.2) is 95.7 Å². The molecule has 57 heavy (non-hydrogen) atoms. The van der Waals surface area contributed by atoms with Gasteiger partial charge in [0.2, 0.25) is 0 Å². The van der Waals surface area contributed by atoms with Crippen LogP contribution in [0.5, 0.6) is 11.5 Å². The number of nitro groups is 1. The molecule has 4 aromatic rings. The maximum Gasteiger partial charge on any atom is 0.293 e. The molecule has 4 N–H and O–H groups in total. The fraction of sp³-hybridized carbons (Fsp3) is 0.524. The van der Waals surface area contributed by atoms with Crippen molar-refractivity contribution in [2.45, 2.75) is 56.1 Å². The number of nitro benzene ring substituents is 1. The number of carbonyl (C=O) groups is 1. The highest BCUT2D eigenvalue weighted by atomic mass is 32.2. The Kier molecular flexibility index (Phi) is 8.96. The Balaban J connectivity index is 0.765. The van der Waals surface area contributed by atoms with Gasteiger partial charge in [0.15, 0.2) is 0 Å². The highest BCUT2D eigenvalue weighted by Gasteiger charge is 2.71. The molecule has 4 aliphatic carbocycles. The molecule has 1 amide bonds. The highest BCUT2D eigenvalue weighted by Crippen LogP contribution is 2.71. The van der Waals surface area contributed by atoms with Crippen molar-refractivity contribution >= 4 is 46.0 Å². The van der Waals surface area contributed by atoms with Crippen molar-refractivity contribution in [3.63, 3.8) is 0 Å². The minimum absolute atomic E-state index is 0.0397. The number of benzene rings is 2. The predicted octanol–water partition coefficient (Wildman–Crippen LogP) is 6.71. The summed E-state index contributed by atoms with van der Waals surface area (Å²) < 4.78 is 29.4. The topological polar surface area (TPSA) is 155 Å². The minimum atomic E-state index is -0.561. The zero-order valence-corrected chi connectivity index (χ0v) is 33.1. The zero-order valence-electron chi connectivity index (χ0n) is 32.3. The number of nitrogen functional groups attached to an aromatic ring is 1. The number of carbonyl (C=O) groups excluding carboxylic acids is 1. The van der Waals surface area contributed by atoms with Crippen molar-refractivity contribution in [1.82, 2.24) is 24.5 Å². The Morgan fingerprint density at radius 2 is 1.91 bits per heavy atom. The van der Waals surface area contributed by atoms with Crippen LogP contribution >= 0.6 is 11.9 Å². The van der Waals surface area contributed by atoms with Crippen LogP contribution in [0.2, 0.25) is 0 Å². The summed E-state index contributed by atoms with van der Waals surface area (Å²) in [5.74, 6) is 3.22. The van der Waals surface area contributed by atoms with Gasteiger partial charge in [0.1, 0.15) is 28.7 Å². The highest BCUT2D eigenvalue weighted by molar-refractivity contribution is 7.98. The summed E-state index contributed by atoms with van der Waals surface area (Å²) in [6.45, 7) is 10.2. The van der Waals surface area contributed by atoms with Crippen LogP contribution in [0.25, 0.3) is 11.0 Å². The van der Waals surface area contributed by atoms with E-state index in [9.17, 15) is 19.3 Å². The van der Waals surface area contributed by atoms with E-state index in [1.54, 1.807) is 18.2 Å². The second-order valence-electron chi connectivity index (χ2n) is 18.0. The number of nitrogens with two attached hydrogens (primary N) is 1. The van der Waals surface area contributed by atoms with Gasteiger partial charge in [-0.05, 0) is 103 Å². The summed E-state index contributed by atoms with van der Waals surface area (Å²) >= 11 is 0.942. The van der Waals surface area contributed by atoms with Crippen molar-refractivity contribution < 1.29 is 23.6 Å². The number of piperazine rings is 1. The first-order valence-corrected chi connectivity index (χ1v) is 21.0. The Hall–Kier alpha value is -4.44. The third-order valence-corrected chi connectivity index (χ3v) is 15.1. The quantitative estimate of drug-likeness (QED) is 0.0643. The van der Waals surface area contributed by atoms with Gasteiger partial charge in [-0.3, -0.25) is 24.5 Å². The largest absolute Gasteiger partial charge is 0.455 e. The van der Waals surface area contributed by atoms with Gasteiger partial charge in [-0.2, -0.15) is 0 Å². The molecule has 4 saturated carbocycles. The summed E-state index contributed by atoms with van der Waals surface area (Å²) in [6.07, 6.45) is 9.72. The predicted molar refractivity (Wildman–Crippen MR) is 216 cm³/mol. The first kappa shape index (κ1) is 36.9. The summed E-state index contributed by atoms with van der Waals surface area (Å²) in [7, 11) is 1.92. The number of hydrogen-bond donors (Lipinski definition) is 3. The summed E-state index contributed by atoms with van der Waals surface area (Å²) in [6, 6.07) is 12.0. The van der Waals surface area contributed by atoms with Crippen molar-refractivity contribution in [3.8, 4) is 11.5 Å². The van der Waals surface area contributed by atoms with Crippen LogP contribution in [0.1, 0.15) is 49.4 Å². The number of pyridine rings is 1. The number of ether oxygens (including phenoxy) is 2.